The van der Waals surface area contributed by atoms with Crippen LogP contribution in [0.25, 0.3) is 0 Å². The quantitative estimate of drug-likeness (QED) is 0.164. The Kier molecular flexibility index (Phi) is 9.60. The third-order valence-corrected chi connectivity index (χ3v) is 14.5. The highest BCUT2D eigenvalue weighted by Gasteiger charge is 2.70. The number of ether oxygens (including phenoxy) is 6. The smallest absolute Gasteiger partial charge is 0.331 e. The van der Waals surface area contributed by atoms with Crippen molar-refractivity contribution in [3.63, 3.8) is 0 Å². The van der Waals surface area contributed by atoms with E-state index in [1.165, 1.54) is 0 Å². The summed E-state index contributed by atoms with van der Waals surface area (Å²) in [6.45, 7) is 5.98. The highest BCUT2D eigenvalue weighted by Crippen LogP contribution is 2.70. The van der Waals surface area contributed by atoms with Gasteiger partial charge in [0, 0.05) is 31.4 Å². The van der Waals surface area contributed by atoms with Crippen LogP contribution < -0.4 is 0 Å². The largest absolute Gasteiger partial charge is 0.458 e. The highest BCUT2D eigenvalue weighted by atomic mass is 16.7. The van der Waals surface area contributed by atoms with Crippen LogP contribution in [0.5, 0.6) is 0 Å². The van der Waals surface area contributed by atoms with E-state index >= 15 is 0 Å². The number of fused-ring (bicyclic) bond motifs is 5. The molecule has 2 saturated heterocycles. The molecule has 13 nitrogen and oxygen atoms in total. The number of rotatable bonds is 7. The fourth-order valence-corrected chi connectivity index (χ4v) is 11.5. The van der Waals surface area contributed by atoms with Gasteiger partial charge in [-0.1, -0.05) is 13.8 Å². The standard InChI is InChI=1S/C36H56O13/c1-18-31(49-32-30(41)29(40)28(39)25(16-37)48-32)24(44-4)14-27(46-18)47-20-5-9-33(2)22-6-10-34(3)21(19-13-26(38)45-17-19)8-12-36(34,43)23(22)7-11-35(33,42)15-20/h13,18,20-25,27-32,37,39-43H,5-12,14-17H2,1-4H3/t18-,20+,21-,22+,23-,24-,25+,27-,28+,29-,30+,31-,32-,33-,34-,35+,36+/m1/s1. The molecular weight excluding hydrogens is 640 g/mol. The Morgan fingerprint density at radius 1 is 0.898 bits per heavy atom. The van der Waals surface area contributed by atoms with Crippen molar-refractivity contribution < 1.29 is 63.9 Å². The first-order valence-electron chi connectivity index (χ1n) is 18.3. The molecule has 4 aliphatic carbocycles. The van der Waals surface area contributed by atoms with Crippen LogP contribution in [0.2, 0.25) is 0 Å². The Morgan fingerprint density at radius 2 is 1.63 bits per heavy atom. The maximum atomic E-state index is 12.5. The molecule has 6 N–H and O–H groups in total. The lowest BCUT2D eigenvalue weighted by molar-refractivity contribution is -0.347. The van der Waals surface area contributed by atoms with Crippen LogP contribution in [-0.2, 0) is 33.2 Å². The topological polar surface area (TPSA) is 194 Å². The molecule has 0 spiro atoms. The fraction of sp³-hybridized carbons (Fsp3) is 0.917. The molecule has 3 aliphatic heterocycles. The van der Waals surface area contributed by atoms with Crippen LogP contribution in [0.15, 0.2) is 11.6 Å². The van der Waals surface area contributed by atoms with Crippen molar-refractivity contribution >= 4 is 5.97 Å². The van der Waals surface area contributed by atoms with E-state index in [9.17, 15) is 35.4 Å². The zero-order chi connectivity index (χ0) is 35.1. The minimum absolute atomic E-state index is 0.0724. The number of aliphatic hydroxyl groups excluding tert-OH is 4. The minimum Gasteiger partial charge on any atom is -0.458 e. The van der Waals surface area contributed by atoms with Gasteiger partial charge in [0.15, 0.2) is 12.6 Å². The van der Waals surface area contributed by atoms with E-state index in [0.29, 0.717) is 32.3 Å². The van der Waals surface area contributed by atoms with Crippen molar-refractivity contribution in [2.45, 2.75) is 158 Å². The molecule has 49 heavy (non-hydrogen) atoms. The van der Waals surface area contributed by atoms with Gasteiger partial charge in [0.2, 0.25) is 0 Å². The first kappa shape index (κ1) is 36.1. The molecule has 0 amide bonds. The summed E-state index contributed by atoms with van der Waals surface area (Å²) in [7, 11) is 1.55. The maximum Gasteiger partial charge on any atom is 0.331 e. The second-order valence-electron chi connectivity index (χ2n) is 16.6. The molecule has 6 fully saturated rings. The molecule has 17 atom stereocenters. The average Bonchev–Trinajstić information content (AvgIpc) is 3.61. The van der Waals surface area contributed by atoms with E-state index in [1.807, 2.05) is 0 Å². The summed E-state index contributed by atoms with van der Waals surface area (Å²) in [5, 5.41) is 65.4. The highest BCUT2D eigenvalue weighted by molar-refractivity contribution is 5.85. The molecule has 0 aromatic carbocycles. The zero-order valence-corrected chi connectivity index (χ0v) is 29.1. The number of esters is 1. The molecule has 278 valence electrons. The van der Waals surface area contributed by atoms with Crippen LogP contribution in [-0.4, -0.2) is 130 Å². The lowest BCUT2D eigenvalue weighted by Gasteiger charge is -2.66. The second kappa shape index (κ2) is 13.0. The second-order valence-corrected chi connectivity index (χ2v) is 16.6. The number of carbonyl (C=O) groups excluding carboxylic acids is 1. The van der Waals surface area contributed by atoms with Gasteiger partial charge >= 0.3 is 5.97 Å². The third-order valence-electron chi connectivity index (χ3n) is 14.5. The monoisotopic (exact) mass is 696 g/mol. The Labute approximate surface area is 287 Å². The van der Waals surface area contributed by atoms with E-state index in [0.717, 1.165) is 44.1 Å². The molecule has 3 heterocycles. The van der Waals surface area contributed by atoms with Gasteiger partial charge in [0.05, 0.1) is 36.1 Å². The van der Waals surface area contributed by atoms with Gasteiger partial charge < -0.3 is 59.1 Å². The summed E-state index contributed by atoms with van der Waals surface area (Å²) < 4.78 is 35.4. The number of aliphatic hydroxyl groups is 6. The summed E-state index contributed by atoms with van der Waals surface area (Å²) in [5.41, 5.74) is -1.52. The average molecular weight is 697 g/mol. The Balaban J connectivity index is 0.994. The van der Waals surface area contributed by atoms with Gasteiger partial charge in [-0.25, -0.2) is 4.79 Å². The van der Waals surface area contributed by atoms with E-state index in [4.69, 9.17) is 28.4 Å². The number of cyclic esters (lactones) is 1. The van der Waals surface area contributed by atoms with Crippen LogP contribution >= 0.6 is 0 Å². The summed E-state index contributed by atoms with van der Waals surface area (Å²) in [6.07, 6.45) is -1.10. The van der Waals surface area contributed by atoms with Crippen LogP contribution in [0, 0.1) is 28.6 Å². The predicted molar refractivity (Wildman–Crippen MR) is 170 cm³/mol. The predicted octanol–water partition coefficient (Wildman–Crippen LogP) is 1.08. The van der Waals surface area contributed by atoms with E-state index in [-0.39, 0.29) is 40.7 Å². The van der Waals surface area contributed by atoms with Gasteiger partial charge in [-0.2, -0.15) is 0 Å². The Morgan fingerprint density at radius 3 is 2.33 bits per heavy atom. The molecule has 4 saturated carbocycles. The number of hydrogen-bond donors (Lipinski definition) is 6. The SMILES string of the molecule is CO[C@@H]1C[C@@H](O[C@H]2CC[C@]3(C)[C@H]4CC[C@]5(C)[C@@H](C6=CC(=O)OC6)CC[C@]5(O)[C@@H]4CC[C@]3(O)C2)O[C@H](C)[C@H]1O[C@H]1O[C@@H](CO)[C@H](O)[C@@H](O)[C@@H]1O. The van der Waals surface area contributed by atoms with E-state index < -0.39 is 73.1 Å². The van der Waals surface area contributed by atoms with Gasteiger partial charge in [0.1, 0.15) is 37.1 Å². The number of methoxy groups -OCH3 is 1. The zero-order valence-electron chi connectivity index (χ0n) is 29.1. The van der Waals surface area contributed by atoms with Gasteiger partial charge in [-0.15, -0.1) is 0 Å². The van der Waals surface area contributed by atoms with Crippen LogP contribution in [0.1, 0.15) is 85.0 Å². The van der Waals surface area contributed by atoms with Gasteiger partial charge in [0.25, 0.3) is 0 Å². The molecule has 0 bridgehead atoms. The Bertz CT molecular complexity index is 1280. The molecule has 0 unspecified atom stereocenters. The summed E-state index contributed by atoms with van der Waals surface area (Å²) >= 11 is 0. The van der Waals surface area contributed by atoms with Gasteiger partial charge in [-0.05, 0) is 87.0 Å². The van der Waals surface area contributed by atoms with Crippen molar-refractivity contribution in [2.75, 3.05) is 20.3 Å². The molecule has 0 radical (unpaired) electrons. The van der Waals surface area contributed by atoms with Crippen molar-refractivity contribution in [1.82, 2.24) is 0 Å². The molecular formula is C36H56O13. The molecule has 13 heteroatoms. The molecule has 0 aromatic rings. The summed E-state index contributed by atoms with van der Waals surface area (Å²) in [5.74, 6) is 0.0783. The minimum atomic E-state index is -1.56. The van der Waals surface area contributed by atoms with Crippen LogP contribution in [0.3, 0.4) is 0 Å². The fourth-order valence-electron chi connectivity index (χ4n) is 11.5. The third kappa shape index (κ3) is 5.65. The molecule has 7 rings (SSSR count). The van der Waals surface area contributed by atoms with Crippen molar-refractivity contribution in [3.8, 4) is 0 Å². The van der Waals surface area contributed by atoms with E-state index in [2.05, 4.69) is 13.8 Å². The first-order chi connectivity index (χ1) is 23.2. The van der Waals surface area contributed by atoms with Crippen molar-refractivity contribution in [1.29, 1.82) is 0 Å². The Hall–Kier alpha value is -1.23. The summed E-state index contributed by atoms with van der Waals surface area (Å²) in [4.78, 5) is 11.9. The first-order valence-corrected chi connectivity index (χ1v) is 18.3. The maximum absolute atomic E-state index is 12.5. The van der Waals surface area contributed by atoms with E-state index in [1.54, 1.807) is 20.1 Å². The number of hydrogen-bond acceptors (Lipinski definition) is 13. The number of carbonyl (C=O) groups is 1. The molecule has 0 aromatic heterocycles. The van der Waals surface area contributed by atoms with Crippen molar-refractivity contribution in [2.24, 2.45) is 28.6 Å². The lowest BCUT2D eigenvalue weighted by Crippen LogP contribution is -2.67. The lowest BCUT2D eigenvalue weighted by atomic mass is 9.42. The normalized spacial score (nSPS) is 54.4. The van der Waals surface area contributed by atoms with Gasteiger partial charge in [-0.3, -0.25) is 0 Å². The molecule has 7 aliphatic rings. The summed E-state index contributed by atoms with van der Waals surface area (Å²) in [6, 6.07) is 0. The van der Waals surface area contributed by atoms with Crippen LogP contribution in [0.4, 0.5) is 0 Å². The van der Waals surface area contributed by atoms with Crippen molar-refractivity contribution in [3.05, 3.63) is 11.6 Å².